The van der Waals surface area contributed by atoms with Crippen molar-refractivity contribution in [2.45, 2.75) is 76.6 Å². The molecule has 57 heavy (non-hydrogen) atoms. The number of imidazole rings is 2. The summed E-state index contributed by atoms with van der Waals surface area (Å²) < 4.78 is 10.6. The molecule has 0 bridgehead atoms. The molecule has 0 spiro atoms. The van der Waals surface area contributed by atoms with Crippen LogP contribution in [0.5, 0.6) is 0 Å². The van der Waals surface area contributed by atoms with Crippen LogP contribution in [-0.4, -0.2) is 91.2 Å². The number of carbonyl (C=O) groups is 3. The number of H-pyrrole nitrogens is 2. The lowest BCUT2D eigenvalue weighted by molar-refractivity contribution is -0.155. The highest BCUT2D eigenvalue weighted by molar-refractivity contribution is 5.88. The first kappa shape index (κ1) is 39.4. The smallest absolute Gasteiger partial charge is 0.405 e. The predicted molar refractivity (Wildman–Crippen MR) is 215 cm³/mol. The Morgan fingerprint density at radius 2 is 1.37 bits per heavy atom. The molecule has 0 radical (unpaired) electrons. The van der Waals surface area contributed by atoms with Crippen molar-refractivity contribution < 1.29 is 23.9 Å². The van der Waals surface area contributed by atoms with E-state index in [0.717, 1.165) is 70.8 Å². The van der Waals surface area contributed by atoms with Gasteiger partial charge in [0, 0.05) is 44.4 Å². The van der Waals surface area contributed by atoms with Gasteiger partial charge in [0.05, 0.1) is 48.6 Å². The fourth-order valence-electron chi connectivity index (χ4n) is 7.86. The molecule has 2 saturated heterocycles. The molecule has 298 valence electrons. The van der Waals surface area contributed by atoms with E-state index in [2.05, 4.69) is 73.8 Å². The Morgan fingerprint density at radius 3 is 1.88 bits per heavy atom. The first-order chi connectivity index (χ1) is 27.5. The summed E-state index contributed by atoms with van der Waals surface area (Å²) in [6.45, 7) is 6.76. The van der Waals surface area contributed by atoms with Gasteiger partial charge in [-0.1, -0.05) is 68.4 Å². The molecule has 2 fully saturated rings. The molecule has 5 N–H and O–H groups in total. The van der Waals surface area contributed by atoms with E-state index < -0.39 is 17.7 Å². The van der Waals surface area contributed by atoms with Gasteiger partial charge in [-0.05, 0) is 67.0 Å². The fourth-order valence-corrected chi connectivity index (χ4v) is 7.86. The molecule has 3 aromatic heterocycles. The third-order valence-corrected chi connectivity index (χ3v) is 11.3. The second-order valence-electron chi connectivity index (χ2n) is 15.3. The van der Waals surface area contributed by atoms with Crippen molar-refractivity contribution in [3.05, 3.63) is 103 Å². The Hall–Kier alpha value is -5.86. The SMILES string of the molecule is COCN[C@@H](Cc1ccccn1)C(=O)N1CCCC1c1ncc(-c2ccc(-c3ccc(-c4cnc([C@@H]5CCCN5C(=O)[C@@](C)(OC(N)=O)C(C)C)[nH]4)cc3)cc2)[nH]1. The summed E-state index contributed by atoms with van der Waals surface area (Å²) in [6, 6.07) is 21.4. The van der Waals surface area contributed by atoms with Gasteiger partial charge >= 0.3 is 6.09 Å². The molecular weight excluding hydrogens is 723 g/mol. The maximum absolute atomic E-state index is 13.9. The molecule has 14 nitrogen and oxygen atoms in total. The number of rotatable bonds is 14. The number of aromatic nitrogens is 5. The minimum Gasteiger partial charge on any atom is -0.433 e. The summed E-state index contributed by atoms with van der Waals surface area (Å²) >= 11 is 0. The molecule has 2 aromatic carbocycles. The van der Waals surface area contributed by atoms with Gasteiger partial charge in [-0.15, -0.1) is 0 Å². The van der Waals surface area contributed by atoms with Crippen LogP contribution >= 0.6 is 0 Å². The van der Waals surface area contributed by atoms with Gasteiger partial charge in [0.15, 0.2) is 5.60 Å². The summed E-state index contributed by atoms with van der Waals surface area (Å²) in [4.78, 5) is 63.7. The Labute approximate surface area is 332 Å². The molecule has 0 aliphatic carbocycles. The van der Waals surface area contributed by atoms with Gasteiger partial charge in [-0.2, -0.15) is 0 Å². The maximum Gasteiger partial charge on any atom is 0.405 e. The van der Waals surface area contributed by atoms with Gasteiger partial charge in [-0.3, -0.25) is 19.9 Å². The van der Waals surface area contributed by atoms with Crippen molar-refractivity contribution in [2.24, 2.45) is 11.7 Å². The number of methoxy groups -OCH3 is 1. The first-order valence-electron chi connectivity index (χ1n) is 19.6. The number of pyridine rings is 1. The molecule has 14 heteroatoms. The van der Waals surface area contributed by atoms with Crippen LogP contribution in [0.4, 0.5) is 4.79 Å². The number of carbonyl (C=O) groups excluding carboxylic acids is 3. The molecule has 3 amide bonds. The van der Waals surface area contributed by atoms with E-state index in [0.29, 0.717) is 25.3 Å². The van der Waals surface area contributed by atoms with Crippen molar-refractivity contribution in [1.29, 1.82) is 0 Å². The van der Waals surface area contributed by atoms with Gasteiger partial charge in [-0.25, -0.2) is 14.8 Å². The topological polar surface area (TPSA) is 184 Å². The van der Waals surface area contributed by atoms with E-state index in [1.807, 2.05) is 43.1 Å². The minimum absolute atomic E-state index is 0.0111. The third kappa shape index (κ3) is 8.47. The van der Waals surface area contributed by atoms with Crippen LogP contribution in [-0.2, 0) is 25.5 Å². The normalized spacial score (nSPS) is 18.5. The van der Waals surface area contributed by atoms with E-state index in [1.165, 1.54) is 0 Å². The third-order valence-electron chi connectivity index (χ3n) is 11.3. The molecular formula is C43H51N9O5. The molecule has 7 rings (SSSR count). The zero-order valence-corrected chi connectivity index (χ0v) is 32.9. The van der Waals surface area contributed by atoms with E-state index in [9.17, 15) is 14.4 Å². The lowest BCUT2D eigenvalue weighted by Crippen LogP contribution is -2.53. The average Bonchev–Trinajstić information content (AvgIpc) is 4.06. The second kappa shape index (κ2) is 17.1. The van der Waals surface area contributed by atoms with Crippen LogP contribution in [0.3, 0.4) is 0 Å². The summed E-state index contributed by atoms with van der Waals surface area (Å²) in [7, 11) is 1.60. The zero-order chi connectivity index (χ0) is 40.1. The largest absolute Gasteiger partial charge is 0.433 e. The van der Waals surface area contributed by atoms with Crippen molar-refractivity contribution in [3.8, 4) is 33.6 Å². The summed E-state index contributed by atoms with van der Waals surface area (Å²) in [6.07, 6.45) is 8.16. The lowest BCUT2D eigenvalue weighted by Gasteiger charge is -2.36. The number of benzene rings is 2. The number of ether oxygens (including phenoxy) is 2. The number of nitrogens with two attached hydrogens (primary N) is 1. The second-order valence-corrected chi connectivity index (χ2v) is 15.3. The number of amides is 3. The Balaban J connectivity index is 1.00. The summed E-state index contributed by atoms with van der Waals surface area (Å²) in [5.41, 5.74) is 10.6. The van der Waals surface area contributed by atoms with Crippen molar-refractivity contribution >= 4 is 17.9 Å². The highest BCUT2D eigenvalue weighted by Crippen LogP contribution is 2.37. The number of aromatic amines is 2. The quantitative estimate of drug-likeness (QED) is 0.0959. The van der Waals surface area contributed by atoms with Gasteiger partial charge in [0.25, 0.3) is 5.91 Å². The molecule has 2 aliphatic rings. The highest BCUT2D eigenvalue weighted by Gasteiger charge is 2.47. The lowest BCUT2D eigenvalue weighted by atomic mass is 9.90. The van der Waals surface area contributed by atoms with Gasteiger partial charge in [0.2, 0.25) is 5.91 Å². The average molecular weight is 774 g/mol. The monoisotopic (exact) mass is 773 g/mol. The number of hydrogen-bond donors (Lipinski definition) is 4. The molecule has 5 heterocycles. The summed E-state index contributed by atoms with van der Waals surface area (Å²) in [5, 5.41) is 3.24. The number of nitrogens with one attached hydrogen (secondary N) is 3. The Bertz CT molecular complexity index is 2150. The number of likely N-dealkylation sites (tertiary alicyclic amines) is 2. The Kier molecular flexibility index (Phi) is 11.8. The van der Waals surface area contributed by atoms with Crippen LogP contribution in [0.15, 0.2) is 85.3 Å². The van der Waals surface area contributed by atoms with Crippen LogP contribution < -0.4 is 11.1 Å². The Morgan fingerprint density at radius 1 is 0.825 bits per heavy atom. The van der Waals surface area contributed by atoms with Gasteiger partial charge < -0.3 is 35.0 Å². The minimum atomic E-state index is -1.37. The highest BCUT2D eigenvalue weighted by atomic mass is 16.6. The van der Waals surface area contributed by atoms with Crippen LogP contribution in [0.2, 0.25) is 0 Å². The van der Waals surface area contributed by atoms with Gasteiger partial charge in [0.1, 0.15) is 11.6 Å². The van der Waals surface area contributed by atoms with E-state index in [-0.39, 0.29) is 36.5 Å². The van der Waals surface area contributed by atoms with Crippen molar-refractivity contribution in [2.75, 3.05) is 26.9 Å². The van der Waals surface area contributed by atoms with Crippen LogP contribution in [0, 0.1) is 5.92 Å². The zero-order valence-electron chi connectivity index (χ0n) is 32.9. The first-order valence-corrected chi connectivity index (χ1v) is 19.6. The summed E-state index contributed by atoms with van der Waals surface area (Å²) in [5.74, 6) is 0.942. The number of primary amides is 1. The standard InChI is InChI=1S/C43H51N9O5/c1-27(2)43(3,57-42(44)55)41(54)52-22-8-11-37(52)39-47-25-35(50-39)31-18-14-29(15-19-31)28-12-16-30(17-13-28)34-24-46-38(49-34)36-10-7-21-51(36)40(53)33(48-26-56-4)23-32-9-5-6-20-45-32/h5-6,9,12-20,24-25,27,33,36-37,48H,7-8,10-11,21-23,26H2,1-4H3,(H2,44,55)(H,46,49)(H,47,50)/t33-,36?,37-,43-/m0/s1. The molecule has 1 unspecified atom stereocenters. The molecule has 5 aromatic rings. The van der Waals surface area contributed by atoms with E-state index >= 15 is 0 Å². The van der Waals surface area contributed by atoms with E-state index in [1.54, 1.807) is 31.3 Å². The van der Waals surface area contributed by atoms with Crippen molar-refractivity contribution in [3.63, 3.8) is 0 Å². The van der Waals surface area contributed by atoms with Crippen LogP contribution in [0.1, 0.15) is 75.9 Å². The molecule has 0 saturated carbocycles. The number of hydrogen-bond acceptors (Lipinski definition) is 9. The predicted octanol–water partition coefficient (Wildman–Crippen LogP) is 6.17. The molecule has 2 aliphatic heterocycles. The molecule has 4 atom stereocenters. The maximum atomic E-state index is 13.9. The fraction of sp³-hybridized carbons (Fsp3) is 0.395. The number of nitrogens with zero attached hydrogens (tertiary/aromatic N) is 5. The van der Waals surface area contributed by atoms with Crippen molar-refractivity contribution in [1.82, 2.24) is 40.0 Å². The van der Waals surface area contributed by atoms with Crippen LogP contribution in [0.25, 0.3) is 33.6 Å². The van der Waals surface area contributed by atoms with E-state index in [4.69, 9.17) is 20.2 Å².